The van der Waals surface area contributed by atoms with Crippen molar-refractivity contribution in [2.75, 3.05) is 7.05 Å². The van der Waals surface area contributed by atoms with Crippen molar-refractivity contribution in [2.24, 2.45) is 0 Å². The third-order valence-corrected chi connectivity index (χ3v) is 2.79. The molecule has 0 amide bonds. The van der Waals surface area contributed by atoms with Crippen LogP contribution in [-0.2, 0) is 0 Å². The van der Waals surface area contributed by atoms with Gasteiger partial charge in [-0.15, -0.1) is 0 Å². The summed E-state index contributed by atoms with van der Waals surface area (Å²) in [5, 5.41) is 3.09. The molecule has 16 heavy (non-hydrogen) atoms. The molecule has 0 bridgehead atoms. The zero-order valence-electron chi connectivity index (χ0n) is 10.4. The number of halogens is 1. The van der Waals surface area contributed by atoms with Crippen LogP contribution in [-0.4, -0.2) is 13.2 Å². The van der Waals surface area contributed by atoms with Crippen LogP contribution in [0, 0.1) is 5.82 Å². The van der Waals surface area contributed by atoms with Crippen molar-refractivity contribution in [3.8, 4) is 5.75 Å². The van der Waals surface area contributed by atoms with E-state index in [0.29, 0.717) is 5.75 Å². The molecule has 1 aromatic rings. The number of rotatable bonds is 5. The predicted molar refractivity (Wildman–Crippen MR) is 64.3 cm³/mol. The number of benzene rings is 1. The first-order valence-electron chi connectivity index (χ1n) is 5.72. The van der Waals surface area contributed by atoms with Gasteiger partial charge in [-0.2, -0.15) is 0 Å². The topological polar surface area (TPSA) is 21.3 Å². The van der Waals surface area contributed by atoms with Gasteiger partial charge in [-0.3, -0.25) is 0 Å². The summed E-state index contributed by atoms with van der Waals surface area (Å²) in [4.78, 5) is 0. The van der Waals surface area contributed by atoms with Gasteiger partial charge in [0.2, 0.25) is 0 Å². The third kappa shape index (κ3) is 2.95. The van der Waals surface area contributed by atoms with Crippen LogP contribution >= 0.6 is 0 Å². The minimum Gasteiger partial charge on any atom is -0.487 e. The predicted octanol–water partition coefficient (Wildman–Crippen LogP) is 3.28. The highest BCUT2D eigenvalue weighted by molar-refractivity contribution is 5.37. The number of nitrogens with one attached hydrogen (secondary N) is 1. The van der Waals surface area contributed by atoms with E-state index in [1.54, 1.807) is 6.07 Å². The zero-order valence-corrected chi connectivity index (χ0v) is 10.4. The lowest BCUT2D eigenvalue weighted by molar-refractivity contribution is 0.204. The second-order valence-corrected chi connectivity index (χ2v) is 4.01. The first-order chi connectivity index (χ1) is 7.60. The first-order valence-corrected chi connectivity index (χ1v) is 5.72. The minimum absolute atomic E-state index is 0.0275. The largest absolute Gasteiger partial charge is 0.487 e. The van der Waals surface area contributed by atoms with Crippen molar-refractivity contribution >= 4 is 0 Å². The Kier molecular flexibility index (Phi) is 4.74. The van der Waals surface area contributed by atoms with E-state index in [0.717, 1.165) is 12.0 Å². The molecule has 0 aliphatic carbocycles. The lowest BCUT2D eigenvalue weighted by Gasteiger charge is -2.20. The van der Waals surface area contributed by atoms with Crippen molar-refractivity contribution in [1.82, 2.24) is 5.32 Å². The monoisotopic (exact) mass is 225 g/mol. The van der Waals surface area contributed by atoms with Gasteiger partial charge in [0.1, 0.15) is 0 Å². The van der Waals surface area contributed by atoms with Gasteiger partial charge in [0.15, 0.2) is 11.6 Å². The molecular weight excluding hydrogens is 205 g/mol. The molecule has 2 unspecified atom stereocenters. The fraction of sp³-hybridized carbons (Fsp3) is 0.538. The summed E-state index contributed by atoms with van der Waals surface area (Å²) in [5.74, 6) is 0.0820. The van der Waals surface area contributed by atoms with Crippen molar-refractivity contribution in [3.63, 3.8) is 0 Å². The van der Waals surface area contributed by atoms with E-state index in [1.165, 1.54) is 6.07 Å². The van der Waals surface area contributed by atoms with Crippen LogP contribution in [0.3, 0.4) is 0 Å². The molecule has 3 heteroatoms. The van der Waals surface area contributed by atoms with Crippen molar-refractivity contribution in [1.29, 1.82) is 0 Å². The summed E-state index contributed by atoms with van der Waals surface area (Å²) in [6, 6.07) is 5.11. The second-order valence-electron chi connectivity index (χ2n) is 4.01. The summed E-state index contributed by atoms with van der Waals surface area (Å²) in [5.41, 5.74) is 0.864. The maximum atomic E-state index is 13.7. The van der Waals surface area contributed by atoms with Gasteiger partial charge in [0.05, 0.1) is 6.10 Å². The Morgan fingerprint density at radius 3 is 2.62 bits per heavy atom. The number of hydrogen-bond acceptors (Lipinski definition) is 2. The highest BCUT2D eigenvalue weighted by Crippen LogP contribution is 2.29. The lowest BCUT2D eigenvalue weighted by Crippen LogP contribution is -2.17. The van der Waals surface area contributed by atoms with Crippen LogP contribution in [0.4, 0.5) is 4.39 Å². The molecule has 0 aromatic heterocycles. The maximum Gasteiger partial charge on any atom is 0.165 e. The Morgan fingerprint density at radius 2 is 2.06 bits per heavy atom. The molecule has 90 valence electrons. The van der Waals surface area contributed by atoms with Crippen molar-refractivity contribution < 1.29 is 9.13 Å². The molecule has 1 aromatic carbocycles. The summed E-state index contributed by atoms with van der Waals surface area (Å²) >= 11 is 0. The Bertz CT molecular complexity index is 341. The molecule has 0 spiro atoms. The fourth-order valence-corrected chi connectivity index (χ4v) is 1.43. The molecule has 0 aliphatic rings. The Balaban J connectivity index is 3.03. The molecule has 0 fully saturated rings. The minimum atomic E-state index is -0.292. The van der Waals surface area contributed by atoms with E-state index in [-0.39, 0.29) is 18.0 Å². The molecule has 2 nitrogen and oxygen atoms in total. The van der Waals surface area contributed by atoms with E-state index >= 15 is 0 Å². The van der Waals surface area contributed by atoms with Crippen LogP contribution in [0.5, 0.6) is 5.75 Å². The van der Waals surface area contributed by atoms with Gasteiger partial charge in [-0.05, 0) is 33.4 Å². The summed E-state index contributed by atoms with van der Waals surface area (Å²) < 4.78 is 19.3. The van der Waals surface area contributed by atoms with Crippen LogP contribution in [0.1, 0.15) is 38.8 Å². The standard InChI is InChI=1S/C13H20FNO/c1-5-9(2)16-13-11(10(3)15-4)7-6-8-12(13)14/h6-10,15H,5H2,1-4H3. The van der Waals surface area contributed by atoms with Gasteiger partial charge in [-0.1, -0.05) is 19.1 Å². The van der Waals surface area contributed by atoms with E-state index in [9.17, 15) is 4.39 Å². The molecular formula is C13H20FNO. The van der Waals surface area contributed by atoms with Gasteiger partial charge < -0.3 is 10.1 Å². The number of hydrogen-bond donors (Lipinski definition) is 1. The van der Waals surface area contributed by atoms with Gasteiger partial charge in [-0.25, -0.2) is 4.39 Å². The molecule has 0 heterocycles. The Morgan fingerprint density at radius 1 is 1.38 bits per heavy atom. The molecule has 0 aliphatic heterocycles. The Hall–Kier alpha value is -1.09. The molecule has 2 atom stereocenters. The number of ether oxygens (including phenoxy) is 1. The SMILES string of the molecule is CCC(C)Oc1c(F)cccc1C(C)NC. The van der Waals surface area contributed by atoms with Crippen LogP contribution < -0.4 is 10.1 Å². The molecule has 0 radical (unpaired) electrons. The van der Waals surface area contributed by atoms with E-state index in [1.807, 2.05) is 33.9 Å². The molecule has 0 saturated heterocycles. The average molecular weight is 225 g/mol. The third-order valence-electron chi connectivity index (χ3n) is 2.79. The van der Waals surface area contributed by atoms with Crippen LogP contribution in [0.25, 0.3) is 0 Å². The molecule has 0 saturated carbocycles. The van der Waals surface area contributed by atoms with E-state index in [2.05, 4.69) is 5.32 Å². The van der Waals surface area contributed by atoms with E-state index < -0.39 is 0 Å². The maximum absolute atomic E-state index is 13.7. The summed E-state index contributed by atoms with van der Waals surface area (Å²) in [6.45, 7) is 5.95. The average Bonchev–Trinajstić information content (AvgIpc) is 2.30. The first kappa shape index (κ1) is 13.0. The second kappa shape index (κ2) is 5.85. The Labute approximate surface area is 96.8 Å². The molecule has 1 N–H and O–H groups in total. The van der Waals surface area contributed by atoms with Gasteiger partial charge in [0.25, 0.3) is 0 Å². The fourth-order valence-electron chi connectivity index (χ4n) is 1.43. The van der Waals surface area contributed by atoms with Crippen molar-refractivity contribution in [2.45, 2.75) is 39.3 Å². The summed E-state index contributed by atoms with van der Waals surface area (Å²) in [6.07, 6.45) is 0.890. The quantitative estimate of drug-likeness (QED) is 0.830. The molecule has 1 rings (SSSR count). The van der Waals surface area contributed by atoms with Crippen LogP contribution in [0.2, 0.25) is 0 Å². The summed E-state index contributed by atoms with van der Waals surface area (Å²) in [7, 11) is 1.85. The van der Waals surface area contributed by atoms with Gasteiger partial charge in [0, 0.05) is 11.6 Å². The highest BCUT2D eigenvalue weighted by Gasteiger charge is 2.15. The normalized spacial score (nSPS) is 14.6. The lowest BCUT2D eigenvalue weighted by atomic mass is 10.1. The van der Waals surface area contributed by atoms with E-state index in [4.69, 9.17) is 4.74 Å². The number of para-hydroxylation sites is 1. The van der Waals surface area contributed by atoms with Gasteiger partial charge >= 0.3 is 0 Å². The zero-order chi connectivity index (χ0) is 12.1. The highest BCUT2D eigenvalue weighted by atomic mass is 19.1. The smallest absolute Gasteiger partial charge is 0.165 e. The van der Waals surface area contributed by atoms with Crippen LogP contribution in [0.15, 0.2) is 18.2 Å². The van der Waals surface area contributed by atoms with Crippen molar-refractivity contribution in [3.05, 3.63) is 29.6 Å².